The van der Waals surface area contributed by atoms with Crippen LogP contribution in [0, 0.1) is 0 Å². The molecule has 0 saturated carbocycles. The molecule has 1 aromatic carbocycles. The zero-order valence-electron chi connectivity index (χ0n) is 10.3. The number of unbranched alkanes of at least 4 members (excludes halogenated alkanes) is 1. The highest BCUT2D eigenvalue weighted by atomic mass is 16.4. The van der Waals surface area contributed by atoms with Crippen LogP contribution in [0.2, 0.25) is 0 Å². The maximum atomic E-state index is 12.0. The fourth-order valence-corrected chi connectivity index (χ4v) is 1.55. The Hall–Kier alpha value is -1.33. The highest BCUT2D eigenvalue weighted by Crippen LogP contribution is 2.03. The van der Waals surface area contributed by atoms with Gasteiger partial charge in [0, 0.05) is 19.2 Å². The van der Waals surface area contributed by atoms with Crippen molar-refractivity contribution in [3.05, 3.63) is 29.8 Å². The number of carbonyl (C=O) groups excluding carboxylic acids is 1. The predicted molar refractivity (Wildman–Crippen MR) is 68.1 cm³/mol. The van der Waals surface area contributed by atoms with Gasteiger partial charge in [-0.3, -0.25) is 4.79 Å². The van der Waals surface area contributed by atoms with Gasteiger partial charge < -0.3 is 14.9 Å². The molecule has 0 aliphatic rings. The van der Waals surface area contributed by atoms with Crippen LogP contribution < -0.4 is 5.46 Å². The van der Waals surface area contributed by atoms with Crippen molar-refractivity contribution in [3.63, 3.8) is 0 Å². The second-order valence-electron chi connectivity index (χ2n) is 4.08. The van der Waals surface area contributed by atoms with Gasteiger partial charge in [0.15, 0.2) is 0 Å². The standard InChI is InChI=1S/C12H18BNO3/c1-3-4-8-14(2)12(15)10-6-5-7-11(9-10)13(16)17/h5-7,9,16-17H,3-4,8H2,1-2H3. The molecule has 1 aromatic rings. The SMILES string of the molecule is CCCCN(C)C(=O)c1cccc(B(O)O)c1. The van der Waals surface area contributed by atoms with E-state index in [1.165, 1.54) is 6.07 Å². The first-order valence-corrected chi connectivity index (χ1v) is 5.77. The van der Waals surface area contributed by atoms with Gasteiger partial charge in [0.2, 0.25) is 0 Å². The lowest BCUT2D eigenvalue weighted by Crippen LogP contribution is -2.32. The molecule has 5 heteroatoms. The predicted octanol–water partition coefficient (Wildman–Crippen LogP) is 0.239. The van der Waals surface area contributed by atoms with Gasteiger partial charge in [0.1, 0.15) is 0 Å². The smallest absolute Gasteiger partial charge is 0.423 e. The maximum Gasteiger partial charge on any atom is 0.488 e. The second-order valence-corrected chi connectivity index (χ2v) is 4.08. The van der Waals surface area contributed by atoms with E-state index in [0.717, 1.165) is 12.8 Å². The molecule has 0 aliphatic heterocycles. The van der Waals surface area contributed by atoms with Gasteiger partial charge in [-0.25, -0.2) is 0 Å². The van der Waals surface area contributed by atoms with Crippen molar-refractivity contribution in [2.75, 3.05) is 13.6 Å². The molecule has 0 aromatic heterocycles. The number of benzene rings is 1. The van der Waals surface area contributed by atoms with E-state index in [2.05, 4.69) is 6.92 Å². The summed E-state index contributed by atoms with van der Waals surface area (Å²) >= 11 is 0. The summed E-state index contributed by atoms with van der Waals surface area (Å²) in [6, 6.07) is 6.41. The summed E-state index contributed by atoms with van der Waals surface area (Å²) < 4.78 is 0. The quantitative estimate of drug-likeness (QED) is 0.718. The minimum absolute atomic E-state index is 0.0963. The molecule has 17 heavy (non-hydrogen) atoms. The first-order valence-electron chi connectivity index (χ1n) is 5.77. The van der Waals surface area contributed by atoms with E-state index in [9.17, 15) is 4.79 Å². The number of rotatable bonds is 5. The van der Waals surface area contributed by atoms with E-state index in [-0.39, 0.29) is 5.91 Å². The van der Waals surface area contributed by atoms with Gasteiger partial charge in [-0.05, 0) is 24.0 Å². The summed E-state index contributed by atoms with van der Waals surface area (Å²) in [6.45, 7) is 2.78. The minimum atomic E-state index is -1.54. The van der Waals surface area contributed by atoms with E-state index in [1.807, 2.05) is 0 Å². The first kappa shape index (κ1) is 13.7. The van der Waals surface area contributed by atoms with Crippen molar-refractivity contribution >= 4 is 18.5 Å². The molecule has 92 valence electrons. The molecular formula is C12H18BNO3. The fraction of sp³-hybridized carbons (Fsp3) is 0.417. The van der Waals surface area contributed by atoms with Crippen LogP contribution in [-0.4, -0.2) is 41.6 Å². The van der Waals surface area contributed by atoms with Crippen molar-refractivity contribution in [1.82, 2.24) is 4.90 Å². The third kappa shape index (κ3) is 3.87. The number of hydrogen-bond acceptors (Lipinski definition) is 3. The Bertz CT molecular complexity index is 382. The van der Waals surface area contributed by atoms with Crippen molar-refractivity contribution < 1.29 is 14.8 Å². The topological polar surface area (TPSA) is 60.8 Å². The van der Waals surface area contributed by atoms with Crippen LogP contribution in [0.5, 0.6) is 0 Å². The first-order chi connectivity index (χ1) is 8.06. The average Bonchev–Trinajstić information content (AvgIpc) is 2.35. The Morgan fingerprint density at radius 2 is 2.12 bits per heavy atom. The molecule has 0 bridgehead atoms. The normalized spacial score (nSPS) is 10.1. The summed E-state index contributed by atoms with van der Waals surface area (Å²) in [7, 11) is 0.212. The van der Waals surface area contributed by atoms with Gasteiger partial charge in [-0.1, -0.05) is 25.5 Å². The molecule has 0 spiro atoms. The third-order valence-corrected chi connectivity index (χ3v) is 2.63. The Labute approximate surface area is 102 Å². The molecule has 0 saturated heterocycles. The summed E-state index contributed by atoms with van der Waals surface area (Å²) in [6.07, 6.45) is 2.00. The van der Waals surface area contributed by atoms with E-state index in [4.69, 9.17) is 10.0 Å². The summed E-state index contributed by atoms with van der Waals surface area (Å²) in [4.78, 5) is 13.6. The lowest BCUT2D eigenvalue weighted by Gasteiger charge is -2.17. The second kappa shape index (κ2) is 6.42. The lowest BCUT2D eigenvalue weighted by atomic mass is 9.79. The van der Waals surface area contributed by atoms with Gasteiger partial charge in [0.05, 0.1) is 0 Å². The fourth-order valence-electron chi connectivity index (χ4n) is 1.55. The molecule has 0 heterocycles. The maximum absolute atomic E-state index is 12.0. The van der Waals surface area contributed by atoms with Crippen molar-refractivity contribution in [1.29, 1.82) is 0 Å². The lowest BCUT2D eigenvalue weighted by molar-refractivity contribution is 0.0793. The van der Waals surface area contributed by atoms with Gasteiger partial charge in [-0.2, -0.15) is 0 Å². The molecule has 0 fully saturated rings. The third-order valence-electron chi connectivity index (χ3n) is 2.63. The number of carbonyl (C=O) groups is 1. The Morgan fingerprint density at radius 3 is 2.71 bits per heavy atom. The van der Waals surface area contributed by atoms with Crippen LogP contribution in [0.3, 0.4) is 0 Å². The van der Waals surface area contributed by atoms with E-state index in [0.29, 0.717) is 17.6 Å². The highest BCUT2D eigenvalue weighted by Gasteiger charge is 2.15. The van der Waals surface area contributed by atoms with Crippen LogP contribution in [0.25, 0.3) is 0 Å². The molecule has 1 amide bonds. The molecule has 1 rings (SSSR count). The Kier molecular flexibility index (Phi) is 5.19. The Balaban J connectivity index is 2.78. The zero-order chi connectivity index (χ0) is 12.8. The summed E-state index contributed by atoms with van der Waals surface area (Å²) in [5.74, 6) is -0.0963. The van der Waals surface area contributed by atoms with Crippen molar-refractivity contribution in [2.24, 2.45) is 0 Å². The number of amides is 1. The van der Waals surface area contributed by atoms with E-state index in [1.54, 1.807) is 30.1 Å². The highest BCUT2D eigenvalue weighted by molar-refractivity contribution is 6.58. The van der Waals surface area contributed by atoms with Gasteiger partial charge in [-0.15, -0.1) is 0 Å². The van der Waals surface area contributed by atoms with Crippen LogP contribution >= 0.6 is 0 Å². The Morgan fingerprint density at radius 1 is 1.41 bits per heavy atom. The van der Waals surface area contributed by atoms with Crippen molar-refractivity contribution in [3.8, 4) is 0 Å². The molecule has 2 N–H and O–H groups in total. The summed E-state index contributed by atoms with van der Waals surface area (Å²) in [5, 5.41) is 18.1. The molecule has 0 atom stereocenters. The number of nitrogens with zero attached hydrogens (tertiary/aromatic N) is 1. The monoisotopic (exact) mass is 235 g/mol. The zero-order valence-corrected chi connectivity index (χ0v) is 10.3. The molecule has 0 aliphatic carbocycles. The number of hydrogen-bond donors (Lipinski definition) is 2. The van der Waals surface area contributed by atoms with Crippen molar-refractivity contribution in [2.45, 2.75) is 19.8 Å². The van der Waals surface area contributed by atoms with Crippen LogP contribution in [-0.2, 0) is 0 Å². The van der Waals surface area contributed by atoms with Gasteiger partial charge in [0.25, 0.3) is 5.91 Å². The van der Waals surface area contributed by atoms with E-state index < -0.39 is 7.12 Å². The molecule has 0 unspecified atom stereocenters. The van der Waals surface area contributed by atoms with E-state index >= 15 is 0 Å². The molecular weight excluding hydrogens is 217 g/mol. The summed E-state index contributed by atoms with van der Waals surface area (Å²) in [5.41, 5.74) is 0.814. The average molecular weight is 235 g/mol. The molecule has 4 nitrogen and oxygen atoms in total. The minimum Gasteiger partial charge on any atom is -0.423 e. The largest absolute Gasteiger partial charge is 0.488 e. The van der Waals surface area contributed by atoms with Crippen LogP contribution in [0.15, 0.2) is 24.3 Å². The van der Waals surface area contributed by atoms with Crippen LogP contribution in [0.4, 0.5) is 0 Å². The van der Waals surface area contributed by atoms with Gasteiger partial charge >= 0.3 is 7.12 Å². The van der Waals surface area contributed by atoms with Crippen LogP contribution in [0.1, 0.15) is 30.1 Å². The molecule has 0 radical (unpaired) electrons.